The van der Waals surface area contributed by atoms with E-state index in [9.17, 15) is 9.59 Å². The van der Waals surface area contributed by atoms with Crippen LogP contribution in [-0.2, 0) is 22.6 Å². The number of ether oxygens (including phenoxy) is 3. The number of esters is 1. The second kappa shape index (κ2) is 8.63. The van der Waals surface area contributed by atoms with Gasteiger partial charge in [0.25, 0.3) is 5.56 Å². The topological polar surface area (TPSA) is 79.1 Å². The van der Waals surface area contributed by atoms with Crippen LogP contribution in [0.4, 0.5) is 0 Å². The van der Waals surface area contributed by atoms with Gasteiger partial charge in [-0.1, -0.05) is 6.07 Å². The quantitative estimate of drug-likeness (QED) is 0.449. The van der Waals surface area contributed by atoms with Crippen molar-refractivity contribution in [3.05, 3.63) is 75.3 Å². The van der Waals surface area contributed by atoms with Crippen LogP contribution in [0.2, 0.25) is 0 Å². The van der Waals surface area contributed by atoms with E-state index in [1.807, 2.05) is 45.0 Å². The zero-order valence-electron chi connectivity index (χ0n) is 17.8. The van der Waals surface area contributed by atoms with Gasteiger partial charge in [-0.2, -0.15) is 0 Å². The van der Waals surface area contributed by atoms with E-state index < -0.39 is 5.97 Å². The van der Waals surface area contributed by atoms with Crippen LogP contribution < -0.4 is 15.0 Å². The van der Waals surface area contributed by atoms with Gasteiger partial charge in [-0.15, -0.1) is 0 Å². The number of hydrogen-bond acceptors (Lipinski definition) is 6. The van der Waals surface area contributed by atoms with Crippen molar-refractivity contribution in [2.45, 2.75) is 39.9 Å². The van der Waals surface area contributed by atoms with Crippen LogP contribution in [-0.4, -0.2) is 28.1 Å². The van der Waals surface area contributed by atoms with Crippen molar-refractivity contribution in [3.8, 4) is 11.5 Å². The van der Waals surface area contributed by atoms with E-state index in [1.54, 1.807) is 12.1 Å². The largest absolute Gasteiger partial charge is 0.493 e. The molecule has 0 fully saturated rings. The summed E-state index contributed by atoms with van der Waals surface area (Å²) < 4.78 is 18.3. The normalized spacial score (nSPS) is 15.1. The van der Waals surface area contributed by atoms with Gasteiger partial charge in [0.2, 0.25) is 0 Å². The standard InChI is InChI=1S/C24H24N2O5/c1-4-29-20-12-18-10-16(3)31-21(18)11-17(20)8-9-24(28)30-14-19-13-23(27)26-15(2)6-5-7-22(26)25-19/h5-9,11-13,16H,4,10,14H2,1-3H3/b9-8+/t16-/m1/s1. The summed E-state index contributed by atoms with van der Waals surface area (Å²) in [7, 11) is 0. The van der Waals surface area contributed by atoms with Crippen molar-refractivity contribution in [2.75, 3.05) is 6.61 Å². The molecule has 2 aromatic heterocycles. The molecule has 31 heavy (non-hydrogen) atoms. The molecule has 1 aromatic carbocycles. The van der Waals surface area contributed by atoms with Crippen LogP contribution in [0.25, 0.3) is 11.7 Å². The highest BCUT2D eigenvalue weighted by atomic mass is 16.5. The van der Waals surface area contributed by atoms with E-state index in [4.69, 9.17) is 14.2 Å². The van der Waals surface area contributed by atoms with E-state index in [0.717, 1.165) is 29.0 Å². The Morgan fingerprint density at radius 1 is 1.32 bits per heavy atom. The summed E-state index contributed by atoms with van der Waals surface area (Å²) in [6, 6.07) is 10.6. The third-order valence-corrected chi connectivity index (χ3v) is 5.02. The lowest BCUT2D eigenvalue weighted by molar-refractivity contribution is -0.139. The highest BCUT2D eigenvalue weighted by molar-refractivity contribution is 5.87. The van der Waals surface area contributed by atoms with E-state index in [1.165, 1.54) is 16.5 Å². The molecule has 0 N–H and O–H groups in total. The van der Waals surface area contributed by atoms with E-state index in [0.29, 0.717) is 23.7 Å². The minimum Gasteiger partial charge on any atom is -0.493 e. The van der Waals surface area contributed by atoms with Crippen molar-refractivity contribution in [1.82, 2.24) is 9.38 Å². The number of benzene rings is 1. The van der Waals surface area contributed by atoms with Gasteiger partial charge in [0.1, 0.15) is 29.9 Å². The SMILES string of the molecule is CCOc1cc2c(cc1/C=C/C(=O)OCc1cc(=O)n3c(C)cccc3n1)O[C@H](C)C2. The molecule has 0 spiro atoms. The first-order valence-electron chi connectivity index (χ1n) is 10.2. The predicted octanol–water partition coefficient (Wildman–Crippen LogP) is 3.48. The lowest BCUT2D eigenvalue weighted by Gasteiger charge is -2.10. The maximum Gasteiger partial charge on any atom is 0.331 e. The third-order valence-electron chi connectivity index (χ3n) is 5.02. The Kier molecular flexibility index (Phi) is 5.75. The zero-order chi connectivity index (χ0) is 22.0. The molecule has 3 heterocycles. The average molecular weight is 420 g/mol. The first-order valence-corrected chi connectivity index (χ1v) is 10.2. The van der Waals surface area contributed by atoms with Gasteiger partial charge >= 0.3 is 5.97 Å². The maximum absolute atomic E-state index is 12.3. The third kappa shape index (κ3) is 4.45. The van der Waals surface area contributed by atoms with Gasteiger partial charge < -0.3 is 14.2 Å². The Balaban J connectivity index is 1.48. The Labute approximate surface area is 179 Å². The highest BCUT2D eigenvalue weighted by Crippen LogP contribution is 2.35. The van der Waals surface area contributed by atoms with Gasteiger partial charge in [-0.25, -0.2) is 9.78 Å². The summed E-state index contributed by atoms with van der Waals surface area (Å²) in [5, 5.41) is 0. The molecule has 0 amide bonds. The molecule has 0 bridgehead atoms. The number of nitrogens with zero attached hydrogens (tertiary/aromatic N) is 2. The van der Waals surface area contributed by atoms with Gasteiger partial charge in [-0.05, 0) is 51.1 Å². The molecule has 3 aromatic rings. The monoisotopic (exact) mass is 420 g/mol. The Hall–Kier alpha value is -3.61. The van der Waals surface area contributed by atoms with Crippen LogP contribution in [0.3, 0.4) is 0 Å². The van der Waals surface area contributed by atoms with Gasteiger partial charge in [0, 0.05) is 35.4 Å². The summed E-state index contributed by atoms with van der Waals surface area (Å²) in [6.45, 7) is 6.19. The molecule has 0 saturated heterocycles. The second-order valence-electron chi connectivity index (χ2n) is 7.45. The number of fused-ring (bicyclic) bond motifs is 2. The molecule has 7 nitrogen and oxygen atoms in total. The van der Waals surface area contributed by atoms with Crippen molar-refractivity contribution < 1.29 is 19.0 Å². The Morgan fingerprint density at radius 3 is 2.97 bits per heavy atom. The van der Waals surface area contributed by atoms with E-state index >= 15 is 0 Å². The molecule has 1 aliphatic heterocycles. The molecular weight excluding hydrogens is 396 g/mol. The lowest BCUT2D eigenvalue weighted by atomic mass is 10.1. The number of carbonyl (C=O) groups is 1. The first-order chi connectivity index (χ1) is 14.9. The summed E-state index contributed by atoms with van der Waals surface area (Å²) in [6.07, 6.45) is 3.93. The number of pyridine rings is 1. The zero-order valence-corrected chi connectivity index (χ0v) is 17.8. The van der Waals surface area contributed by atoms with Crippen LogP contribution >= 0.6 is 0 Å². The first kappa shape index (κ1) is 20.7. The van der Waals surface area contributed by atoms with Crippen LogP contribution in [0.15, 0.2) is 47.3 Å². The summed E-state index contributed by atoms with van der Waals surface area (Å²) in [5.74, 6) is 0.964. The smallest absolute Gasteiger partial charge is 0.331 e. The summed E-state index contributed by atoms with van der Waals surface area (Å²) in [5.41, 5.74) is 3.33. The van der Waals surface area contributed by atoms with Gasteiger partial charge in [0.15, 0.2) is 0 Å². The number of aryl methyl sites for hydroxylation is 1. The average Bonchev–Trinajstić information content (AvgIpc) is 3.09. The predicted molar refractivity (Wildman–Crippen MR) is 116 cm³/mol. The fourth-order valence-electron chi connectivity index (χ4n) is 3.65. The summed E-state index contributed by atoms with van der Waals surface area (Å²) in [4.78, 5) is 29.0. The van der Waals surface area contributed by atoms with Gasteiger partial charge in [-0.3, -0.25) is 9.20 Å². The Morgan fingerprint density at radius 2 is 2.16 bits per heavy atom. The van der Waals surface area contributed by atoms with Crippen molar-refractivity contribution >= 4 is 17.7 Å². The van der Waals surface area contributed by atoms with Gasteiger partial charge in [0.05, 0.1) is 12.3 Å². The van der Waals surface area contributed by atoms with Crippen LogP contribution in [0.5, 0.6) is 11.5 Å². The molecule has 0 saturated carbocycles. The highest BCUT2D eigenvalue weighted by Gasteiger charge is 2.21. The molecule has 1 aliphatic rings. The second-order valence-corrected chi connectivity index (χ2v) is 7.45. The van der Waals surface area contributed by atoms with E-state index in [2.05, 4.69) is 4.98 Å². The fourth-order valence-corrected chi connectivity index (χ4v) is 3.65. The van der Waals surface area contributed by atoms with Crippen molar-refractivity contribution in [3.63, 3.8) is 0 Å². The van der Waals surface area contributed by atoms with E-state index in [-0.39, 0.29) is 18.3 Å². The molecule has 1 atom stereocenters. The number of hydrogen-bond donors (Lipinski definition) is 0. The molecular formula is C24H24N2O5. The molecule has 0 radical (unpaired) electrons. The minimum atomic E-state index is -0.538. The molecule has 160 valence electrons. The van der Waals surface area contributed by atoms with Crippen molar-refractivity contribution in [1.29, 1.82) is 0 Å². The van der Waals surface area contributed by atoms with Crippen LogP contribution in [0, 0.1) is 6.92 Å². The molecule has 4 rings (SSSR count). The number of rotatable bonds is 6. The fraction of sp³-hybridized carbons (Fsp3) is 0.292. The Bertz CT molecular complexity index is 1230. The minimum absolute atomic E-state index is 0.0913. The number of aromatic nitrogens is 2. The number of carbonyl (C=O) groups excluding carboxylic acids is 1. The summed E-state index contributed by atoms with van der Waals surface area (Å²) >= 11 is 0. The maximum atomic E-state index is 12.3. The molecule has 7 heteroatoms. The van der Waals surface area contributed by atoms with Crippen molar-refractivity contribution in [2.24, 2.45) is 0 Å². The molecule has 0 unspecified atom stereocenters. The molecule has 0 aliphatic carbocycles. The van der Waals surface area contributed by atoms with Crippen LogP contribution in [0.1, 0.15) is 36.4 Å². The lowest BCUT2D eigenvalue weighted by Crippen LogP contribution is -2.18.